The van der Waals surface area contributed by atoms with Crippen molar-refractivity contribution in [1.29, 1.82) is 0 Å². The van der Waals surface area contributed by atoms with Crippen LogP contribution in [0.2, 0.25) is 0 Å². The Bertz CT molecular complexity index is 1170. The van der Waals surface area contributed by atoms with Gasteiger partial charge in [0.25, 0.3) is 0 Å². The molecule has 0 saturated carbocycles. The van der Waals surface area contributed by atoms with Crippen LogP contribution in [-0.4, -0.2) is 39.5 Å². The van der Waals surface area contributed by atoms with Crippen molar-refractivity contribution < 1.29 is 27.5 Å². The molecule has 0 spiro atoms. The van der Waals surface area contributed by atoms with Gasteiger partial charge in [0.05, 0.1) is 30.3 Å². The summed E-state index contributed by atoms with van der Waals surface area (Å²) in [5.74, 6) is -1.15. The molecule has 1 aliphatic heterocycles. The van der Waals surface area contributed by atoms with Crippen LogP contribution in [-0.2, 0) is 23.9 Å². The van der Waals surface area contributed by atoms with Crippen LogP contribution in [0.5, 0.6) is 0 Å². The fraction of sp³-hybridized carbons (Fsp3) is 0.333. The van der Waals surface area contributed by atoms with Gasteiger partial charge in [-0.15, -0.1) is 0 Å². The summed E-state index contributed by atoms with van der Waals surface area (Å²) in [5.41, 5.74) is -0.500. The molecule has 10 heteroatoms. The standard InChI is InChI=1S/C24H24F4N4O2/c25-21-12-19(31-22(33)11-16-2-1-3-18(10-16)24(26,27)28)4-5-20(21)17-13-30-32(14-17)15-23(34)6-8-29-9-7-23/h1-5,10,12-14,29,34H,6-9,11,15H2,(H,31,33). The van der Waals surface area contributed by atoms with Gasteiger partial charge >= 0.3 is 6.18 Å². The first-order valence-corrected chi connectivity index (χ1v) is 10.8. The third kappa shape index (κ3) is 5.81. The molecule has 0 atom stereocenters. The minimum Gasteiger partial charge on any atom is -0.388 e. The lowest BCUT2D eigenvalue weighted by Gasteiger charge is -2.32. The third-order valence-corrected chi connectivity index (χ3v) is 5.81. The second kappa shape index (κ2) is 9.55. The number of aliphatic hydroxyl groups is 1. The zero-order valence-electron chi connectivity index (χ0n) is 18.2. The molecule has 1 amide bonds. The number of benzene rings is 2. The number of carbonyl (C=O) groups is 1. The SMILES string of the molecule is O=C(Cc1cccc(C(F)(F)F)c1)Nc1ccc(-c2cnn(CC3(O)CCNCC3)c2)c(F)c1. The Morgan fingerprint density at radius 1 is 1.18 bits per heavy atom. The molecule has 3 aromatic rings. The van der Waals surface area contributed by atoms with Crippen LogP contribution in [0.25, 0.3) is 11.1 Å². The Labute approximate surface area is 193 Å². The third-order valence-electron chi connectivity index (χ3n) is 5.81. The smallest absolute Gasteiger partial charge is 0.388 e. The first-order valence-electron chi connectivity index (χ1n) is 10.8. The minimum atomic E-state index is -4.50. The highest BCUT2D eigenvalue weighted by molar-refractivity contribution is 5.92. The second-order valence-corrected chi connectivity index (χ2v) is 8.52. The summed E-state index contributed by atoms with van der Waals surface area (Å²) in [7, 11) is 0. The molecule has 3 N–H and O–H groups in total. The van der Waals surface area contributed by atoms with Gasteiger partial charge in [-0.3, -0.25) is 9.48 Å². The fourth-order valence-electron chi connectivity index (χ4n) is 4.02. The van der Waals surface area contributed by atoms with E-state index in [0.29, 0.717) is 24.9 Å². The maximum Gasteiger partial charge on any atom is 0.416 e. The lowest BCUT2D eigenvalue weighted by atomic mass is 9.92. The predicted molar refractivity (Wildman–Crippen MR) is 118 cm³/mol. The molecule has 0 aliphatic carbocycles. The van der Waals surface area contributed by atoms with Gasteiger partial charge in [0.1, 0.15) is 5.82 Å². The van der Waals surface area contributed by atoms with Crippen LogP contribution in [0.3, 0.4) is 0 Å². The average Bonchev–Trinajstić information content (AvgIpc) is 3.21. The Morgan fingerprint density at radius 3 is 2.65 bits per heavy atom. The molecule has 1 aliphatic rings. The zero-order chi connectivity index (χ0) is 24.3. The molecule has 180 valence electrons. The van der Waals surface area contributed by atoms with Gasteiger partial charge in [-0.2, -0.15) is 18.3 Å². The van der Waals surface area contributed by atoms with Crippen molar-refractivity contribution >= 4 is 11.6 Å². The van der Waals surface area contributed by atoms with E-state index in [1.165, 1.54) is 30.5 Å². The first kappa shape index (κ1) is 23.9. The highest BCUT2D eigenvalue weighted by Gasteiger charge is 2.31. The van der Waals surface area contributed by atoms with Crippen molar-refractivity contribution in [1.82, 2.24) is 15.1 Å². The van der Waals surface area contributed by atoms with Crippen LogP contribution >= 0.6 is 0 Å². The van der Waals surface area contributed by atoms with Gasteiger partial charge in [0, 0.05) is 23.0 Å². The van der Waals surface area contributed by atoms with Gasteiger partial charge in [0.2, 0.25) is 5.91 Å². The lowest BCUT2D eigenvalue weighted by molar-refractivity contribution is -0.137. The van der Waals surface area contributed by atoms with Crippen LogP contribution in [0.1, 0.15) is 24.0 Å². The van der Waals surface area contributed by atoms with Crippen molar-refractivity contribution in [2.75, 3.05) is 18.4 Å². The second-order valence-electron chi connectivity index (χ2n) is 8.52. The van der Waals surface area contributed by atoms with Gasteiger partial charge in [-0.1, -0.05) is 18.2 Å². The zero-order valence-corrected chi connectivity index (χ0v) is 18.2. The molecule has 1 saturated heterocycles. The number of halogens is 4. The number of hydrogen-bond acceptors (Lipinski definition) is 4. The van der Waals surface area contributed by atoms with Crippen LogP contribution in [0.4, 0.5) is 23.2 Å². The van der Waals surface area contributed by atoms with E-state index in [4.69, 9.17) is 0 Å². The molecule has 6 nitrogen and oxygen atoms in total. The molecule has 0 unspecified atom stereocenters. The maximum absolute atomic E-state index is 14.8. The molecule has 1 fully saturated rings. The number of carbonyl (C=O) groups excluding carboxylic acids is 1. The van der Waals surface area contributed by atoms with E-state index in [1.54, 1.807) is 10.9 Å². The summed E-state index contributed by atoms with van der Waals surface area (Å²) >= 11 is 0. The van der Waals surface area contributed by atoms with E-state index in [9.17, 15) is 27.5 Å². The largest absolute Gasteiger partial charge is 0.416 e. The Hall–Kier alpha value is -3.24. The topological polar surface area (TPSA) is 79.2 Å². The maximum atomic E-state index is 14.8. The quantitative estimate of drug-likeness (QED) is 0.470. The predicted octanol–water partition coefficient (Wildman–Crippen LogP) is 4.00. The number of nitrogens with zero attached hydrogens (tertiary/aromatic N) is 2. The van der Waals surface area contributed by atoms with Gasteiger partial charge in [-0.05, 0) is 55.8 Å². The molecule has 34 heavy (non-hydrogen) atoms. The number of rotatable bonds is 6. The minimum absolute atomic E-state index is 0.189. The van der Waals surface area contributed by atoms with E-state index in [2.05, 4.69) is 15.7 Å². The van der Waals surface area contributed by atoms with Crippen molar-refractivity contribution in [2.24, 2.45) is 0 Å². The van der Waals surface area contributed by atoms with Crippen LogP contribution in [0.15, 0.2) is 54.9 Å². The van der Waals surface area contributed by atoms with E-state index in [-0.39, 0.29) is 23.2 Å². The van der Waals surface area contributed by atoms with Crippen molar-refractivity contribution in [2.45, 2.75) is 37.6 Å². The van der Waals surface area contributed by atoms with Crippen molar-refractivity contribution in [3.8, 4) is 11.1 Å². The van der Waals surface area contributed by atoms with Crippen molar-refractivity contribution in [3.05, 3.63) is 71.8 Å². The molecule has 0 radical (unpaired) electrons. The monoisotopic (exact) mass is 476 g/mol. The Morgan fingerprint density at radius 2 is 1.94 bits per heavy atom. The summed E-state index contributed by atoms with van der Waals surface area (Å²) in [6, 6.07) is 8.68. The van der Waals surface area contributed by atoms with E-state index in [1.807, 2.05) is 0 Å². The van der Waals surface area contributed by atoms with E-state index >= 15 is 0 Å². The summed E-state index contributed by atoms with van der Waals surface area (Å²) in [5, 5.41) is 20.6. The number of nitrogens with one attached hydrogen (secondary N) is 2. The first-order chi connectivity index (χ1) is 16.1. The molecule has 2 aromatic carbocycles. The Kier molecular flexibility index (Phi) is 6.72. The highest BCUT2D eigenvalue weighted by Crippen LogP contribution is 2.30. The molecule has 2 heterocycles. The average molecular weight is 476 g/mol. The molecule has 1 aromatic heterocycles. The molecule has 4 rings (SSSR count). The lowest BCUT2D eigenvalue weighted by Crippen LogP contribution is -2.44. The number of piperidine rings is 1. The summed E-state index contributed by atoms with van der Waals surface area (Å²) in [4.78, 5) is 12.3. The number of aromatic nitrogens is 2. The normalized spacial score (nSPS) is 15.8. The number of alkyl halides is 3. The molecular formula is C24H24F4N4O2. The highest BCUT2D eigenvalue weighted by atomic mass is 19.4. The Balaban J connectivity index is 1.41. The molecular weight excluding hydrogens is 452 g/mol. The van der Waals surface area contributed by atoms with Crippen LogP contribution in [0, 0.1) is 5.82 Å². The van der Waals surface area contributed by atoms with Gasteiger partial charge in [-0.25, -0.2) is 4.39 Å². The summed E-state index contributed by atoms with van der Waals surface area (Å²) in [6.45, 7) is 1.75. The number of hydrogen-bond donors (Lipinski definition) is 3. The summed E-state index contributed by atoms with van der Waals surface area (Å²) in [6.07, 6.45) is -0.404. The van der Waals surface area contributed by atoms with Crippen LogP contribution < -0.4 is 10.6 Å². The number of amides is 1. The van der Waals surface area contributed by atoms with Gasteiger partial charge < -0.3 is 15.7 Å². The number of anilines is 1. The van der Waals surface area contributed by atoms with E-state index in [0.717, 1.165) is 31.3 Å². The van der Waals surface area contributed by atoms with Crippen molar-refractivity contribution in [3.63, 3.8) is 0 Å². The van der Waals surface area contributed by atoms with Gasteiger partial charge in [0.15, 0.2) is 0 Å². The fourth-order valence-corrected chi connectivity index (χ4v) is 4.02. The molecule has 0 bridgehead atoms. The van der Waals surface area contributed by atoms with E-state index < -0.39 is 29.1 Å². The summed E-state index contributed by atoms with van der Waals surface area (Å²) < 4.78 is 54.9.